The smallest absolute Gasteiger partial charge is 0.315 e. The zero-order valence-corrected chi connectivity index (χ0v) is 13.8. The molecule has 2 rings (SSSR count). The van der Waals surface area contributed by atoms with Gasteiger partial charge in [0.15, 0.2) is 0 Å². The second kappa shape index (κ2) is 7.28. The second-order valence-electron chi connectivity index (χ2n) is 6.18. The average Bonchev–Trinajstić information content (AvgIpc) is 3.06. The molecule has 2 aromatic rings. The van der Waals surface area contributed by atoms with Gasteiger partial charge in [-0.15, -0.1) is 0 Å². The van der Waals surface area contributed by atoms with Gasteiger partial charge in [0.25, 0.3) is 0 Å². The molecule has 0 saturated carbocycles. The molecule has 3 N–H and O–H groups in total. The van der Waals surface area contributed by atoms with Crippen molar-refractivity contribution in [2.45, 2.75) is 32.9 Å². The first-order valence-electron chi connectivity index (χ1n) is 7.70. The van der Waals surface area contributed by atoms with Crippen molar-refractivity contribution in [3.63, 3.8) is 0 Å². The Morgan fingerprint density at radius 1 is 1.30 bits per heavy atom. The first kappa shape index (κ1) is 17.0. The van der Waals surface area contributed by atoms with Gasteiger partial charge in [0, 0.05) is 31.2 Å². The molecule has 1 aromatic carbocycles. The number of imidazole rings is 1. The number of hydrogen-bond donors (Lipinski definition) is 3. The number of amides is 2. The van der Waals surface area contributed by atoms with Gasteiger partial charge >= 0.3 is 6.03 Å². The zero-order valence-electron chi connectivity index (χ0n) is 13.8. The maximum atomic E-state index is 11.8. The topological polar surface area (TPSA) is 79.2 Å². The van der Waals surface area contributed by atoms with Crippen molar-refractivity contribution < 1.29 is 9.90 Å². The Hall–Kier alpha value is -2.34. The van der Waals surface area contributed by atoms with Crippen LogP contribution in [0, 0.1) is 5.92 Å². The van der Waals surface area contributed by atoms with Crippen LogP contribution in [0.2, 0.25) is 0 Å². The number of carbonyl (C=O) groups is 1. The molecule has 23 heavy (non-hydrogen) atoms. The van der Waals surface area contributed by atoms with Crippen molar-refractivity contribution in [2.24, 2.45) is 5.92 Å². The van der Waals surface area contributed by atoms with E-state index in [1.165, 1.54) is 0 Å². The summed E-state index contributed by atoms with van der Waals surface area (Å²) in [6.45, 7) is 6.20. The molecule has 1 aromatic heterocycles. The van der Waals surface area contributed by atoms with E-state index in [-0.39, 0.29) is 18.5 Å². The van der Waals surface area contributed by atoms with Crippen LogP contribution in [0.5, 0.6) is 0 Å². The Bertz CT molecular complexity index is 619. The molecule has 0 bridgehead atoms. The van der Waals surface area contributed by atoms with Crippen LogP contribution in [0.25, 0.3) is 5.69 Å². The van der Waals surface area contributed by atoms with Gasteiger partial charge in [0.05, 0.1) is 11.9 Å². The Morgan fingerprint density at radius 2 is 2.00 bits per heavy atom. The number of aromatic nitrogens is 2. The summed E-state index contributed by atoms with van der Waals surface area (Å²) in [6.07, 6.45) is 5.34. The largest absolute Gasteiger partial charge is 0.388 e. The van der Waals surface area contributed by atoms with Gasteiger partial charge < -0.3 is 20.3 Å². The number of carbonyl (C=O) groups excluding carboxylic acids is 1. The summed E-state index contributed by atoms with van der Waals surface area (Å²) in [5, 5.41) is 15.6. The number of urea groups is 1. The molecule has 1 atom stereocenters. The minimum Gasteiger partial charge on any atom is -0.388 e. The highest BCUT2D eigenvalue weighted by atomic mass is 16.3. The van der Waals surface area contributed by atoms with Crippen molar-refractivity contribution in [1.29, 1.82) is 0 Å². The molecule has 6 heteroatoms. The molecular weight excluding hydrogens is 292 g/mol. The van der Waals surface area contributed by atoms with E-state index in [4.69, 9.17) is 0 Å². The molecule has 6 nitrogen and oxygen atoms in total. The Balaban J connectivity index is 1.80. The van der Waals surface area contributed by atoms with Gasteiger partial charge in [0.2, 0.25) is 0 Å². The number of aliphatic hydroxyl groups is 1. The van der Waals surface area contributed by atoms with E-state index < -0.39 is 5.60 Å². The molecule has 0 saturated heterocycles. The number of hydrogen-bond acceptors (Lipinski definition) is 3. The maximum Gasteiger partial charge on any atom is 0.315 e. The molecule has 0 aliphatic heterocycles. The summed E-state index contributed by atoms with van der Waals surface area (Å²) in [6, 6.07) is 7.57. The first-order valence-corrected chi connectivity index (χ1v) is 7.70. The zero-order chi connectivity index (χ0) is 16.9. The van der Waals surface area contributed by atoms with Crippen LogP contribution in [0.1, 0.15) is 26.3 Å². The summed E-state index contributed by atoms with van der Waals surface area (Å²) >= 11 is 0. The van der Waals surface area contributed by atoms with Crippen LogP contribution in [0.4, 0.5) is 4.79 Å². The molecule has 1 unspecified atom stereocenters. The Labute approximate surface area is 136 Å². The highest BCUT2D eigenvalue weighted by Crippen LogP contribution is 2.14. The molecule has 124 valence electrons. The lowest BCUT2D eigenvalue weighted by Crippen LogP contribution is -2.47. The van der Waals surface area contributed by atoms with Gasteiger partial charge in [-0.25, -0.2) is 9.78 Å². The van der Waals surface area contributed by atoms with E-state index >= 15 is 0 Å². The fourth-order valence-electron chi connectivity index (χ4n) is 1.91. The Kier molecular flexibility index (Phi) is 5.39. The normalized spacial score (nSPS) is 13.6. The predicted molar refractivity (Wildman–Crippen MR) is 89.3 cm³/mol. The van der Waals surface area contributed by atoms with Gasteiger partial charge in [0.1, 0.15) is 0 Å². The third-order valence-corrected chi connectivity index (χ3v) is 4.04. The highest BCUT2D eigenvalue weighted by molar-refractivity contribution is 5.73. The third kappa shape index (κ3) is 4.82. The van der Waals surface area contributed by atoms with Gasteiger partial charge in [-0.3, -0.25) is 0 Å². The lowest BCUT2D eigenvalue weighted by molar-refractivity contribution is 0.0166. The minimum atomic E-state index is -0.913. The summed E-state index contributed by atoms with van der Waals surface area (Å²) < 4.78 is 1.91. The summed E-state index contributed by atoms with van der Waals surface area (Å²) in [7, 11) is 0. The third-order valence-electron chi connectivity index (χ3n) is 4.04. The van der Waals surface area contributed by atoms with Crippen LogP contribution in [-0.4, -0.2) is 32.8 Å². The van der Waals surface area contributed by atoms with Crippen molar-refractivity contribution in [1.82, 2.24) is 20.2 Å². The van der Waals surface area contributed by atoms with E-state index in [9.17, 15) is 9.90 Å². The first-order chi connectivity index (χ1) is 10.9. The minimum absolute atomic E-state index is 0.0681. The number of nitrogens with one attached hydrogen (secondary N) is 2. The summed E-state index contributed by atoms with van der Waals surface area (Å²) in [4.78, 5) is 15.8. The maximum absolute atomic E-state index is 11.8. The van der Waals surface area contributed by atoms with Gasteiger partial charge in [-0.1, -0.05) is 26.0 Å². The molecule has 0 aliphatic carbocycles. The fourth-order valence-corrected chi connectivity index (χ4v) is 1.91. The number of nitrogens with zero attached hydrogens (tertiary/aromatic N) is 2. The predicted octanol–water partition coefficient (Wildman–Crippen LogP) is 2.08. The monoisotopic (exact) mass is 316 g/mol. The quantitative estimate of drug-likeness (QED) is 0.763. The standard InChI is InChI=1S/C17H24N4O2/c1-13(2)17(3,23)11-20-16(22)19-10-14-4-6-15(7-5-14)21-9-8-18-12-21/h4-9,12-13,23H,10-11H2,1-3H3,(H2,19,20,22). The van der Waals surface area contributed by atoms with Crippen molar-refractivity contribution in [3.05, 3.63) is 48.5 Å². The van der Waals surface area contributed by atoms with E-state index in [0.717, 1.165) is 11.3 Å². The van der Waals surface area contributed by atoms with Crippen LogP contribution in [-0.2, 0) is 6.54 Å². The lowest BCUT2D eigenvalue weighted by atomic mass is 9.93. The molecule has 2 amide bonds. The van der Waals surface area contributed by atoms with Crippen molar-refractivity contribution in [2.75, 3.05) is 6.54 Å². The van der Waals surface area contributed by atoms with Crippen LogP contribution < -0.4 is 10.6 Å². The SMILES string of the molecule is CC(C)C(C)(O)CNC(=O)NCc1ccc(-n2ccnc2)cc1. The molecule has 0 fully saturated rings. The van der Waals surface area contributed by atoms with Crippen LogP contribution >= 0.6 is 0 Å². The molecule has 1 heterocycles. The average molecular weight is 316 g/mol. The highest BCUT2D eigenvalue weighted by Gasteiger charge is 2.25. The Morgan fingerprint density at radius 3 is 2.57 bits per heavy atom. The van der Waals surface area contributed by atoms with E-state index in [2.05, 4.69) is 15.6 Å². The molecule has 0 radical (unpaired) electrons. The van der Waals surface area contributed by atoms with Crippen molar-refractivity contribution >= 4 is 6.03 Å². The van der Waals surface area contributed by atoms with Crippen molar-refractivity contribution in [3.8, 4) is 5.69 Å². The van der Waals surface area contributed by atoms with Crippen LogP contribution in [0.15, 0.2) is 43.0 Å². The fraction of sp³-hybridized carbons (Fsp3) is 0.412. The number of rotatable bonds is 6. The molecule has 0 aliphatic rings. The van der Waals surface area contributed by atoms with Crippen LogP contribution in [0.3, 0.4) is 0 Å². The van der Waals surface area contributed by atoms with E-state index in [1.54, 1.807) is 19.4 Å². The van der Waals surface area contributed by atoms with Gasteiger partial charge in [-0.05, 0) is 30.5 Å². The van der Waals surface area contributed by atoms with E-state index in [1.807, 2.05) is 48.9 Å². The second-order valence-corrected chi connectivity index (χ2v) is 6.18. The molecular formula is C17H24N4O2. The summed E-state index contributed by atoms with van der Waals surface area (Å²) in [5.41, 5.74) is 1.10. The summed E-state index contributed by atoms with van der Waals surface area (Å²) in [5.74, 6) is 0.0681. The lowest BCUT2D eigenvalue weighted by Gasteiger charge is -2.27. The number of benzene rings is 1. The van der Waals surface area contributed by atoms with Gasteiger partial charge in [-0.2, -0.15) is 0 Å². The van der Waals surface area contributed by atoms with E-state index in [0.29, 0.717) is 6.54 Å². The molecule has 0 spiro atoms.